The predicted octanol–water partition coefficient (Wildman–Crippen LogP) is 4.66. The summed E-state index contributed by atoms with van der Waals surface area (Å²) < 4.78 is 29.9. The Morgan fingerprint density at radius 1 is 0.828 bits per heavy atom. The number of anilines is 1. The second-order valence-electron chi connectivity index (χ2n) is 7.43. The molecule has 0 aliphatic carbocycles. The fraction of sp³-hybridized carbons (Fsp3) is 0.167. The van der Waals surface area contributed by atoms with Crippen molar-refractivity contribution >= 4 is 26.9 Å². The lowest BCUT2D eigenvalue weighted by Gasteiger charge is -2.24. The third-order valence-corrected chi connectivity index (χ3v) is 6.23. The number of fused-ring (bicyclic) bond motifs is 1. The summed E-state index contributed by atoms with van der Waals surface area (Å²) in [6, 6.07) is 23.3. The van der Waals surface area contributed by atoms with Gasteiger partial charge in [0.15, 0.2) is 9.84 Å². The molecule has 0 aromatic heterocycles. The average Bonchev–Trinajstić information content (AvgIpc) is 2.72. The molecule has 0 saturated carbocycles. The van der Waals surface area contributed by atoms with Gasteiger partial charge in [-0.25, -0.2) is 8.42 Å². The van der Waals surface area contributed by atoms with E-state index in [-0.39, 0.29) is 0 Å². The second kappa shape index (κ2) is 7.41. The number of benzene rings is 3. The third kappa shape index (κ3) is 3.91. The minimum Gasteiger partial charge on any atom is -0.456 e. The standard InChI is InChI=1S/C24H23NO3S/c1-25(2)20-12-8-17(9-13-20)22-16-19-6-4-5-7-23(19)28-24(22)18-10-14-21(15-11-18)29(3,26)27/h4-15H,16H2,1-3H3. The van der Waals surface area contributed by atoms with E-state index in [9.17, 15) is 8.42 Å². The zero-order chi connectivity index (χ0) is 20.6. The van der Waals surface area contributed by atoms with E-state index >= 15 is 0 Å². The van der Waals surface area contributed by atoms with E-state index in [2.05, 4.69) is 35.2 Å². The molecule has 0 atom stereocenters. The van der Waals surface area contributed by atoms with Crippen LogP contribution in [0.2, 0.25) is 0 Å². The Hall–Kier alpha value is -3.05. The molecule has 148 valence electrons. The van der Waals surface area contributed by atoms with Gasteiger partial charge in [-0.1, -0.05) is 30.3 Å². The Kier molecular flexibility index (Phi) is 4.92. The van der Waals surface area contributed by atoms with E-state index in [0.29, 0.717) is 4.90 Å². The van der Waals surface area contributed by atoms with Gasteiger partial charge >= 0.3 is 0 Å². The zero-order valence-corrected chi connectivity index (χ0v) is 17.5. The van der Waals surface area contributed by atoms with Crippen LogP contribution in [0.1, 0.15) is 16.7 Å². The molecule has 4 nitrogen and oxygen atoms in total. The summed E-state index contributed by atoms with van der Waals surface area (Å²) >= 11 is 0. The van der Waals surface area contributed by atoms with Crippen LogP contribution in [0.3, 0.4) is 0 Å². The molecule has 29 heavy (non-hydrogen) atoms. The summed E-state index contributed by atoms with van der Waals surface area (Å²) in [5.41, 5.74) is 5.30. The lowest BCUT2D eigenvalue weighted by atomic mass is 9.92. The minimum absolute atomic E-state index is 0.301. The maximum absolute atomic E-state index is 11.8. The zero-order valence-electron chi connectivity index (χ0n) is 16.7. The average molecular weight is 406 g/mol. The Morgan fingerprint density at radius 2 is 1.45 bits per heavy atom. The first-order valence-electron chi connectivity index (χ1n) is 9.40. The molecule has 0 spiro atoms. The lowest BCUT2D eigenvalue weighted by molar-refractivity contribution is 0.502. The summed E-state index contributed by atoms with van der Waals surface area (Å²) in [7, 11) is 0.795. The normalized spacial score (nSPS) is 13.6. The SMILES string of the molecule is CN(C)c1ccc(C2=C(c3ccc(S(C)(=O)=O)cc3)Oc3ccccc3C2)cc1. The molecule has 3 aromatic carbocycles. The Balaban J connectivity index is 1.82. The van der Waals surface area contributed by atoms with Gasteiger partial charge in [0.2, 0.25) is 0 Å². The number of allylic oxidation sites excluding steroid dienone is 1. The molecule has 0 saturated heterocycles. The summed E-state index contributed by atoms with van der Waals surface area (Å²) in [6.07, 6.45) is 1.97. The highest BCUT2D eigenvalue weighted by Crippen LogP contribution is 2.39. The van der Waals surface area contributed by atoms with E-state index in [1.165, 1.54) is 6.26 Å². The topological polar surface area (TPSA) is 46.6 Å². The molecule has 0 unspecified atom stereocenters. The molecule has 1 heterocycles. The highest BCUT2D eigenvalue weighted by molar-refractivity contribution is 7.90. The first kappa shape index (κ1) is 19.3. The van der Waals surface area contributed by atoms with Crippen LogP contribution in [0, 0.1) is 0 Å². The highest BCUT2D eigenvalue weighted by Gasteiger charge is 2.22. The molecular formula is C24H23NO3S. The monoisotopic (exact) mass is 405 g/mol. The molecule has 0 amide bonds. The van der Waals surface area contributed by atoms with Crippen molar-refractivity contribution in [2.45, 2.75) is 11.3 Å². The van der Waals surface area contributed by atoms with Crippen LogP contribution in [0.15, 0.2) is 77.7 Å². The van der Waals surface area contributed by atoms with E-state index < -0.39 is 9.84 Å². The quantitative estimate of drug-likeness (QED) is 0.633. The fourth-order valence-electron chi connectivity index (χ4n) is 3.47. The van der Waals surface area contributed by atoms with Gasteiger partial charge in [-0.15, -0.1) is 0 Å². The molecular weight excluding hydrogens is 382 g/mol. The molecule has 1 aliphatic heterocycles. The number of ether oxygens (including phenoxy) is 1. The van der Waals surface area contributed by atoms with Crippen molar-refractivity contribution in [2.75, 3.05) is 25.3 Å². The van der Waals surface area contributed by atoms with Crippen molar-refractivity contribution in [1.29, 1.82) is 0 Å². The van der Waals surface area contributed by atoms with Crippen LogP contribution in [0.5, 0.6) is 5.75 Å². The number of hydrogen-bond donors (Lipinski definition) is 0. The van der Waals surface area contributed by atoms with Gasteiger partial charge in [0.05, 0.1) is 4.90 Å². The minimum atomic E-state index is -3.24. The van der Waals surface area contributed by atoms with E-state index in [1.54, 1.807) is 12.1 Å². The summed E-state index contributed by atoms with van der Waals surface area (Å²) in [5, 5.41) is 0. The molecule has 4 rings (SSSR count). The molecule has 3 aromatic rings. The van der Waals surface area contributed by atoms with Gasteiger partial charge < -0.3 is 9.64 Å². The van der Waals surface area contributed by atoms with Crippen molar-refractivity contribution in [1.82, 2.24) is 0 Å². The van der Waals surface area contributed by atoms with Crippen LogP contribution in [-0.4, -0.2) is 28.8 Å². The van der Waals surface area contributed by atoms with Gasteiger partial charge in [-0.2, -0.15) is 0 Å². The Labute approximate surface area is 172 Å². The summed E-state index contributed by atoms with van der Waals surface area (Å²) in [6.45, 7) is 0. The number of rotatable bonds is 4. The number of sulfone groups is 1. The maximum atomic E-state index is 11.8. The van der Waals surface area contributed by atoms with Gasteiger partial charge in [-0.05, 0) is 53.6 Å². The van der Waals surface area contributed by atoms with E-state index in [0.717, 1.165) is 45.9 Å². The second-order valence-corrected chi connectivity index (χ2v) is 9.45. The molecule has 0 radical (unpaired) electrons. The van der Waals surface area contributed by atoms with Crippen molar-refractivity contribution in [2.24, 2.45) is 0 Å². The molecule has 0 bridgehead atoms. The van der Waals surface area contributed by atoms with Crippen LogP contribution in [-0.2, 0) is 16.3 Å². The van der Waals surface area contributed by atoms with Crippen LogP contribution in [0.25, 0.3) is 11.3 Å². The first-order valence-corrected chi connectivity index (χ1v) is 11.3. The van der Waals surface area contributed by atoms with Crippen molar-refractivity contribution in [3.8, 4) is 5.75 Å². The predicted molar refractivity (Wildman–Crippen MR) is 118 cm³/mol. The lowest BCUT2D eigenvalue weighted by Crippen LogP contribution is -2.10. The Morgan fingerprint density at radius 3 is 2.07 bits per heavy atom. The van der Waals surface area contributed by atoms with E-state index in [4.69, 9.17) is 4.74 Å². The Bertz CT molecular complexity index is 1180. The smallest absolute Gasteiger partial charge is 0.175 e. The summed E-state index contributed by atoms with van der Waals surface area (Å²) in [5.74, 6) is 1.60. The third-order valence-electron chi connectivity index (χ3n) is 5.10. The highest BCUT2D eigenvalue weighted by atomic mass is 32.2. The van der Waals surface area contributed by atoms with Gasteiger partial charge in [0, 0.05) is 43.6 Å². The number of para-hydroxylation sites is 1. The molecule has 5 heteroatoms. The van der Waals surface area contributed by atoms with Gasteiger partial charge in [-0.3, -0.25) is 0 Å². The largest absolute Gasteiger partial charge is 0.456 e. The van der Waals surface area contributed by atoms with Crippen LogP contribution in [0.4, 0.5) is 5.69 Å². The molecule has 1 aliphatic rings. The first-order chi connectivity index (χ1) is 13.8. The maximum Gasteiger partial charge on any atom is 0.175 e. The van der Waals surface area contributed by atoms with Gasteiger partial charge in [0.25, 0.3) is 0 Å². The van der Waals surface area contributed by atoms with Crippen molar-refractivity contribution in [3.63, 3.8) is 0 Å². The van der Waals surface area contributed by atoms with E-state index in [1.807, 2.05) is 44.4 Å². The van der Waals surface area contributed by atoms with Crippen molar-refractivity contribution in [3.05, 3.63) is 89.5 Å². The van der Waals surface area contributed by atoms with Crippen molar-refractivity contribution < 1.29 is 13.2 Å². The molecule has 0 N–H and O–H groups in total. The number of nitrogens with zero attached hydrogens (tertiary/aromatic N) is 1. The summed E-state index contributed by atoms with van der Waals surface area (Å²) in [4.78, 5) is 2.37. The fourth-order valence-corrected chi connectivity index (χ4v) is 4.10. The molecule has 0 fully saturated rings. The number of hydrogen-bond acceptors (Lipinski definition) is 4. The van der Waals surface area contributed by atoms with Crippen LogP contribution >= 0.6 is 0 Å². The van der Waals surface area contributed by atoms with Gasteiger partial charge in [0.1, 0.15) is 11.5 Å². The van der Waals surface area contributed by atoms with Crippen LogP contribution < -0.4 is 9.64 Å².